The van der Waals surface area contributed by atoms with Gasteiger partial charge in [-0.05, 0) is 25.2 Å². The topological polar surface area (TPSA) is 40.5 Å². The summed E-state index contributed by atoms with van der Waals surface area (Å²) in [7, 11) is 0. The van der Waals surface area contributed by atoms with E-state index in [1.54, 1.807) is 0 Å². The van der Waals surface area contributed by atoms with Gasteiger partial charge in [0.15, 0.2) is 0 Å². The maximum absolute atomic E-state index is 12.0. The fraction of sp³-hybridized carbons (Fsp3) is 0.929. The normalized spacial score (nSPS) is 24.5. The Morgan fingerprint density at radius 2 is 1.94 bits per heavy atom. The van der Waals surface area contributed by atoms with Crippen molar-refractivity contribution < 1.29 is 9.90 Å². The van der Waals surface area contributed by atoms with E-state index in [0.29, 0.717) is 25.4 Å². The van der Waals surface area contributed by atoms with Crippen LogP contribution in [0.25, 0.3) is 0 Å². The van der Waals surface area contributed by atoms with Gasteiger partial charge in [0.05, 0.1) is 18.7 Å². The molecule has 0 bridgehead atoms. The number of amides is 1. The van der Waals surface area contributed by atoms with Crippen molar-refractivity contribution in [2.24, 2.45) is 5.92 Å². The van der Waals surface area contributed by atoms with Crippen LogP contribution in [0.5, 0.6) is 0 Å². The van der Waals surface area contributed by atoms with E-state index in [-0.39, 0.29) is 5.91 Å². The number of rotatable bonds is 4. The van der Waals surface area contributed by atoms with E-state index >= 15 is 0 Å². The fourth-order valence-corrected chi connectivity index (χ4v) is 3.23. The van der Waals surface area contributed by atoms with Crippen LogP contribution < -0.4 is 0 Å². The Labute approximate surface area is 104 Å². The molecule has 1 heterocycles. The molecule has 2 rings (SSSR count). The van der Waals surface area contributed by atoms with Crippen LogP contribution in [0.4, 0.5) is 0 Å². The third-order valence-corrected chi connectivity index (χ3v) is 4.23. The second kappa shape index (κ2) is 5.38. The first-order chi connectivity index (χ1) is 8.13. The number of nitrogens with zero attached hydrogens (tertiary/aromatic N) is 1. The second-order valence-corrected chi connectivity index (χ2v) is 5.93. The number of carbonyl (C=O) groups excluding carboxylic acids is 1. The predicted octanol–water partition coefficient (Wildman–Crippen LogP) is 2.33. The van der Waals surface area contributed by atoms with E-state index in [0.717, 1.165) is 12.8 Å². The lowest BCUT2D eigenvalue weighted by atomic mass is 9.84. The number of hydrogen-bond acceptors (Lipinski definition) is 2. The van der Waals surface area contributed by atoms with Crippen LogP contribution in [-0.4, -0.2) is 34.6 Å². The number of carbonyl (C=O) groups is 1. The number of hydrogen-bond donors (Lipinski definition) is 1. The lowest BCUT2D eigenvalue weighted by Crippen LogP contribution is -2.63. The third-order valence-electron chi connectivity index (χ3n) is 4.23. The van der Waals surface area contributed by atoms with Crippen molar-refractivity contribution in [3.05, 3.63) is 0 Å². The number of aliphatic hydroxyl groups is 1. The zero-order chi connectivity index (χ0) is 12.3. The molecule has 1 saturated heterocycles. The first kappa shape index (κ1) is 12.9. The summed E-state index contributed by atoms with van der Waals surface area (Å²) in [5, 5.41) is 10.0. The molecule has 0 atom stereocenters. The van der Waals surface area contributed by atoms with Gasteiger partial charge >= 0.3 is 0 Å². The maximum atomic E-state index is 12.0. The highest BCUT2D eigenvalue weighted by molar-refractivity contribution is 5.77. The van der Waals surface area contributed by atoms with Crippen LogP contribution >= 0.6 is 0 Å². The Hall–Kier alpha value is -0.570. The Morgan fingerprint density at radius 3 is 2.53 bits per heavy atom. The van der Waals surface area contributed by atoms with Gasteiger partial charge in [-0.2, -0.15) is 0 Å². The predicted molar refractivity (Wildman–Crippen MR) is 67.6 cm³/mol. The summed E-state index contributed by atoms with van der Waals surface area (Å²) in [5.74, 6) is 0.869. The minimum Gasteiger partial charge on any atom is -0.386 e. The van der Waals surface area contributed by atoms with Crippen LogP contribution in [0.2, 0.25) is 0 Å². The van der Waals surface area contributed by atoms with E-state index in [9.17, 15) is 9.90 Å². The molecular weight excluding hydrogens is 214 g/mol. The van der Waals surface area contributed by atoms with E-state index in [1.807, 2.05) is 4.90 Å². The Bertz CT molecular complexity index is 265. The van der Waals surface area contributed by atoms with Gasteiger partial charge in [-0.3, -0.25) is 4.79 Å². The molecule has 0 radical (unpaired) electrons. The van der Waals surface area contributed by atoms with Crippen LogP contribution in [0.1, 0.15) is 58.3 Å². The number of likely N-dealkylation sites (tertiary alicyclic amines) is 1. The van der Waals surface area contributed by atoms with Gasteiger partial charge in [0, 0.05) is 6.42 Å². The monoisotopic (exact) mass is 239 g/mol. The fourth-order valence-electron chi connectivity index (χ4n) is 3.23. The average molecular weight is 239 g/mol. The van der Waals surface area contributed by atoms with Crippen molar-refractivity contribution in [1.82, 2.24) is 4.90 Å². The molecule has 1 amide bonds. The molecule has 0 aromatic heterocycles. The van der Waals surface area contributed by atoms with Crippen molar-refractivity contribution in [3.63, 3.8) is 0 Å². The molecule has 98 valence electrons. The average Bonchev–Trinajstić information content (AvgIpc) is 2.27. The summed E-state index contributed by atoms with van der Waals surface area (Å²) in [6.45, 7) is 3.20. The molecule has 0 aromatic carbocycles. The summed E-state index contributed by atoms with van der Waals surface area (Å²) in [4.78, 5) is 13.8. The van der Waals surface area contributed by atoms with Crippen molar-refractivity contribution in [3.8, 4) is 0 Å². The quantitative estimate of drug-likeness (QED) is 0.818. The molecule has 3 nitrogen and oxygen atoms in total. The van der Waals surface area contributed by atoms with Gasteiger partial charge in [-0.15, -0.1) is 0 Å². The second-order valence-electron chi connectivity index (χ2n) is 5.93. The summed E-state index contributed by atoms with van der Waals surface area (Å²) in [5.41, 5.74) is -0.572. The highest BCUT2D eigenvalue weighted by Crippen LogP contribution is 2.30. The van der Waals surface area contributed by atoms with Crippen LogP contribution in [0.15, 0.2) is 0 Å². The summed E-state index contributed by atoms with van der Waals surface area (Å²) in [6.07, 6.45) is 8.88. The molecule has 1 aliphatic heterocycles. The Kier molecular flexibility index (Phi) is 4.08. The van der Waals surface area contributed by atoms with Crippen LogP contribution in [0.3, 0.4) is 0 Å². The highest BCUT2D eigenvalue weighted by Gasteiger charge is 2.42. The van der Waals surface area contributed by atoms with E-state index in [4.69, 9.17) is 0 Å². The Morgan fingerprint density at radius 1 is 1.29 bits per heavy atom. The molecule has 3 heteroatoms. The standard InChI is InChI=1S/C14H25NO2/c1-2-8-14(17)10-15(11-14)13(16)9-12-6-4-3-5-7-12/h12,17H,2-11H2,1H3. The smallest absolute Gasteiger partial charge is 0.223 e. The molecule has 1 aliphatic carbocycles. The molecule has 1 N–H and O–H groups in total. The molecular formula is C14H25NO2. The molecule has 0 aromatic rings. The van der Waals surface area contributed by atoms with E-state index < -0.39 is 5.60 Å². The van der Waals surface area contributed by atoms with Crippen molar-refractivity contribution in [2.75, 3.05) is 13.1 Å². The molecule has 2 aliphatic rings. The summed E-state index contributed by atoms with van der Waals surface area (Å²) >= 11 is 0. The van der Waals surface area contributed by atoms with E-state index in [1.165, 1.54) is 32.1 Å². The Balaban J connectivity index is 1.71. The zero-order valence-corrected chi connectivity index (χ0v) is 11.0. The van der Waals surface area contributed by atoms with Crippen LogP contribution in [-0.2, 0) is 4.79 Å². The van der Waals surface area contributed by atoms with Crippen molar-refractivity contribution in [1.29, 1.82) is 0 Å². The molecule has 1 saturated carbocycles. The van der Waals surface area contributed by atoms with E-state index in [2.05, 4.69) is 6.92 Å². The summed E-state index contributed by atoms with van der Waals surface area (Å²) in [6, 6.07) is 0. The minimum absolute atomic E-state index is 0.262. The third kappa shape index (κ3) is 3.21. The van der Waals surface area contributed by atoms with Gasteiger partial charge in [-0.1, -0.05) is 32.6 Å². The number of β-amino-alcohol motifs (C(OH)–C–C–N with tert-alkyl or cyclic N) is 1. The van der Waals surface area contributed by atoms with Crippen molar-refractivity contribution >= 4 is 5.91 Å². The van der Waals surface area contributed by atoms with Gasteiger partial charge in [-0.25, -0.2) is 0 Å². The highest BCUT2D eigenvalue weighted by atomic mass is 16.3. The molecule has 0 spiro atoms. The minimum atomic E-state index is -0.572. The van der Waals surface area contributed by atoms with Gasteiger partial charge < -0.3 is 10.0 Å². The largest absolute Gasteiger partial charge is 0.386 e. The first-order valence-corrected chi connectivity index (χ1v) is 7.13. The first-order valence-electron chi connectivity index (χ1n) is 7.13. The zero-order valence-electron chi connectivity index (χ0n) is 11.0. The van der Waals surface area contributed by atoms with Gasteiger partial charge in [0.2, 0.25) is 5.91 Å². The molecule has 0 unspecified atom stereocenters. The maximum Gasteiger partial charge on any atom is 0.223 e. The SMILES string of the molecule is CCCC1(O)CN(C(=O)CC2CCCCC2)C1. The lowest BCUT2D eigenvalue weighted by Gasteiger charge is -2.47. The molecule has 2 fully saturated rings. The van der Waals surface area contributed by atoms with Crippen LogP contribution in [0, 0.1) is 5.92 Å². The lowest BCUT2D eigenvalue weighted by molar-refractivity contribution is -0.157. The van der Waals surface area contributed by atoms with Crippen molar-refractivity contribution in [2.45, 2.75) is 63.9 Å². The summed E-state index contributed by atoms with van der Waals surface area (Å²) < 4.78 is 0. The molecule has 17 heavy (non-hydrogen) atoms. The van der Waals surface area contributed by atoms with Gasteiger partial charge in [0.25, 0.3) is 0 Å². The van der Waals surface area contributed by atoms with Gasteiger partial charge in [0.1, 0.15) is 0 Å².